The van der Waals surface area contributed by atoms with Gasteiger partial charge in [0, 0.05) is 24.8 Å². The summed E-state index contributed by atoms with van der Waals surface area (Å²) in [5.41, 5.74) is 1.70. The summed E-state index contributed by atoms with van der Waals surface area (Å²) in [5.74, 6) is -1.21. The maximum atomic E-state index is 11.8. The van der Waals surface area contributed by atoms with E-state index in [4.69, 9.17) is 5.11 Å². The molecule has 0 bridgehead atoms. The van der Waals surface area contributed by atoms with Crippen LogP contribution in [0.25, 0.3) is 0 Å². The van der Waals surface area contributed by atoms with Gasteiger partial charge in [-0.3, -0.25) is 4.79 Å². The van der Waals surface area contributed by atoms with Crippen LogP contribution in [-0.2, 0) is 6.54 Å². The van der Waals surface area contributed by atoms with E-state index in [1.807, 2.05) is 19.1 Å². The van der Waals surface area contributed by atoms with E-state index in [1.54, 1.807) is 16.7 Å². The van der Waals surface area contributed by atoms with Gasteiger partial charge in [0.15, 0.2) is 5.69 Å². The highest BCUT2D eigenvalue weighted by atomic mass is 16.4. The fourth-order valence-corrected chi connectivity index (χ4v) is 1.70. The predicted molar refractivity (Wildman–Crippen MR) is 72.7 cm³/mol. The van der Waals surface area contributed by atoms with Gasteiger partial charge in [-0.2, -0.15) is 0 Å². The van der Waals surface area contributed by atoms with Crippen molar-refractivity contribution in [2.75, 3.05) is 6.54 Å². The fraction of sp³-hybridized carbons (Fsp3) is 0.214. The van der Waals surface area contributed by atoms with E-state index in [1.165, 1.54) is 12.5 Å². The molecule has 104 valence electrons. The van der Waals surface area contributed by atoms with Crippen LogP contribution in [0.3, 0.4) is 0 Å². The Bertz CT molecular complexity index is 617. The van der Waals surface area contributed by atoms with E-state index in [2.05, 4.69) is 10.3 Å². The smallest absolute Gasteiger partial charge is 0.356 e. The molecule has 0 spiro atoms. The van der Waals surface area contributed by atoms with E-state index >= 15 is 0 Å². The number of amides is 1. The van der Waals surface area contributed by atoms with Crippen molar-refractivity contribution in [2.45, 2.75) is 13.5 Å². The van der Waals surface area contributed by atoms with Gasteiger partial charge in [0.2, 0.25) is 0 Å². The van der Waals surface area contributed by atoms with Crippen LogP contribution in [0.15, 0.2) is 36.8 Å². The minimum Gasteiger partial charge on any atom is -0.476 e. The summed E-state index contributed by atoms with van der Waals surface area (Å²) in [4.78, 5) is 26.2. The number of carbonyl (C=O) groups is 2. The third-order valence-electron chi connectivity index (χ3n) is 2.82. The van der Waals surface area contributed by atoms with Gasteiger partial charge in [-0.15, -0.1) is 0 Å². The summed E-state index contributed by atoms with van der Waals surface area (Å²) < 4.78 is 1.62. The molecule has 0 radical (unpaired) electrons. The lowest BCUT2D eigenvalue weighted by Gasteiger charge is -2.06. The monoisotopic (exact) mass is 273 g/mol. The van der Waals surface area contributed by atoms with Crippen molar-refractivity contribution < 1.29 is 14.7 Å². The van der Waals surface area contributed by atoms with Gasteiger partial charge in [0.05, 0.1) is 6.33 Å². The van der Waals surface area contributed by atoms with Crippen molar-refractivity contribution in [3.8, 4) is 0 Å². The number of nitrogens with one attached hydrogen (secondary N) is 1. The van der Waals surface area contributed by atoms with Crippen molar-refractivity contribution >= 4 is 11.9 Å². The van der Waals surface area contributed by atoms with Crippen LogP contribution in [0.4, 0.5) is 0 Å². The summed E-state index contributed by atoms with van der Waals surface area (Å²) >= 11 is 0. The van der Waals surface area contributed by atoms with E-state index in [9.17, 15) is 9.59 Å². The highest BCUT2D eigenvalue weighted by Crippen LogP contribution is 2.02. The molecule has 0 aliphatic heterocycles. The predicted octanol–water partition coefficient (Wildman–Crippen LogP) is 1.32. The number of aromatic nitrogens is 2. The van der Waals surface area contributed by atoms with Crippen LogP contribution in [0.1, 0.15) is 26.4 Å². The first kappa shape index (κ1) is 13.8. The number of nitrogens with zero attached hydrogens (tertiary/aromatic N) is 2. The number of aryl methyl sites for hydroxylation is 1. The lowest BCUT2D eigenvalue weighted by Crippen LogP contribution is -2.26. The van der Waals surface area contributed by atoms with Crippen molar-refractivity contribution in [2.24, 2.45) is 0 Å². The maximum absolute atomic E-state index is 11.8. The first-order valence-electron chi connectivity index (χ1n) is 6.16. The van der Waals surface area contributed by atoms with Crippen LogP contribution in [-0.4, -0.2) is 33.1 Å². The van der Waals surface area contributed by atoms with Crippen molar-refractivity contribution in [1.29, 1.82) is 0 Å². The molecule has 2 aromatic rings. The first-order chi connectivity index (χ1) is 9.56. The molecule has 1 aromatic carbocycles. The number of benzene rings is 1. The highest BCUT2D eigenvalue weighted by molar-refractivity contribution is 5.94. The molecule has 0 unspecified atom stereocenters. The van der Waals surface area contributed by atoms with Crippen molar-refractivity contribution in [1.82, 2.24) is 14.9 Å². The SMILES string of the molecule is Cc1ccc(C(=O)NCCn2cnc(C(=O)O)c2)cc1. The largest absolute Gasteiger partial charge is 0.476 e. The van der Waals surface area contributed by atoms with Crippen molar-refractivity contribution in [3.63, 3.8) is 0 Å². The van der Waals surface area contributed by atoms with Crippen LogP contribution in [0.5, 0.6) is 0 Å². The molecule has 0 aliphatic carbocycles. The fourth-order valence-electron chi connectivity index (χ4n) is 1.70. The van der Waals surface area contributed by atoms with Gasteiger partial charge in [-0.1, -0.05) is 17.7 Å². The Kier molecular flexibility index (Phi) is 4.14. The summed E-state index contributed by atoms with van der Waals surface area (Å²) in [7, 11) is 0. The van der Waals surface area contributed by atoms with Gasteiger partial charge >= 0.3 is 5.97 Å². The minimum absolute atomic E-state index is 0.00476. The van der Waals surface area contributed by atoms with Crippen LogP contribution < -0.4 is 5.32 Å². The normalized spacial score (nSPS) is 10.2. The number of hydrogen-bond acceptors (Lipinski definition) is 3. The summed E-state index contributed by atoms with van der Waals surface area (Å²) in [5, 5.41) is 11.5. The Morgan fingerprint density at radius 1 is 1.30 bits per heavy atom. The summed E-state index contributed by atoms with van der Waals surface area (Å²) in [6, 6.07) is 7.29. The average molecular weight is 273 g/mol. The highest BCUT2D eigenvalue weighted by Gasteiger charge is 2.07. The second-order valence-corrected chi connectivity index (χ2v) is 4.42. The number of hydrogen-bond donors (Lipinski definition) is 2. The van der Waals surface area contributed by atoms with Gasteiger partial charge < -0.3 is 15.0 Å². The Labute approximate surface area is 116 Å². The molecule has 0 aliphatic rings. The molecular weight excluding hydrogens is 258 g/mol. The zero-order chi connectivity index (χ0) is 14.5. The second kappa shape index (κ2) is 6.01. The molecule has 6 heteroatoms. The summed E-state index contributed by atoms with van der Waals surface area (Å²) in [6.45, 7) is 2.83. The molecular formula is C14H15N3O3. The molecule has 20 heavy (non-hydrogen) atoms. The van der Waals surface area contributed by atoms with Crippen molar-refractivity contribution in [3.05, 3.63) is 53.6 Å². The quantitative estimate of drug-likeness (QED) is 0.860. The van der Waals surface area contributed by atoms with Gasteiger partial charge in [-0.05, 0) is 19.1 Å². The number of rotatable bonds is 5. The molecule has 0 saturated heterocycles. The number of carboxylic acid groups (broad SMARTS) is 1. The maximum Gasteiger partial charge on any atom is 0.356 e. The Morgan fingerprint density at radius 2 is 2.00 bits per heavy atom. The van der Waals surface area contributed by atoms with E-state index < -0.39 is 5.97 Å². The molecule has 0 saturated carbocycles. The zero-order valence-corrected chi connectivity index (χ0v) is 11.0. The summed E-state index contributed by atoms with van der Waals surface area (Å²) in [6.07, 6.45) is 2.86. The lowest BCUT2D eigenvalue weighted by molar-refractivity contribution is 0.0690. The molecule has 1 aromatic heterocycles. The molecule has 2 rings (SSSR count). The first-order valence-corrected chi connectivity index (χ1v) is 6.16. The molecule has 6 nitrogen and oxygen atoms in total. The van der Waals surface area contributed by atoms with Crippen LogP contribution >= 0.6 is 0 Å². The topological polar surface area (TPSA) is 84.2 Å². The third-order valence-corrected chi connectivity index (χ3v) is 2.82. The zero-order valence-electron chi connectivity index (χ0n) is 11.0. The molecule has 2 N–H and O–H groups in total. The molecule has 1 amide bonds. The van der Waals surface area contributed by atoms with Crippen LogP contribution in [0.2, 0.25) is 0 Å². The van der Waals surface area contributed by atoms with Gasteiger partial charge in [0.1, 0.15) is 0 Å². The molecule has 0 fully saturated rings. The van der Waals surface area contributed by atoms with Crippen LogP contribution in [0, 0.1) is 6.92 Å². The number of carbonyl (C=O) groups excluding carboxylic acids is 1. The lowest BCUT2D eigenvalue weighted by atomic mass is 10.1. The van der Waals surface area contributed by atoms with Gasteiger partial charge in [0.25, 0.3) is 5.91 Å². The Hall–Kier alpha value is -2.63. The number of aromatic carboxylic acids is 1. The molecule has 1 heterocycles. The van der Waals surface area contributed by atoms with E-state index in [0.29, 0.717) is 18.7 Å². The Morgan fingerprint density at radius 3 is 2.60 bits per heavy atom. The standard InChI is InChI=1S/C14H15N3O3/c1-10-2-4-11(5-3-10)13(18)15-6-7-17-8-12(14(19)20)16-9-17/h2-5,8-9H,6-7H2,1H3,(H,15,18)(H,19,20). The number of carboxylic acids is 1. The second-order valence-electron chi connectivity index (χ2n) is 4.42. The third kappa shape index (κ3) is 3.44. The average Bonchev–Trinajstić information content (AvgIpc) is 2.88. The Balaban J connectivity index is 1.84. The van der Waals surface area contributed by atoms with E-state index in [-0.39, 0.29) is 11.6 Å². The number of imidazole rings is 1. The van der Waals surface area contributed by atoms with E-state index in [0.717, 1.165) is 5.56 Å². The minimum atomic E-state index is -1.06. The van der Waals surface area contributed by atoms with Gasteiger partial charge in [-0.25, -0.2) is 9.78 Å². The molecule has 0 atom stereocenters.